The molecule has 5 heteroatoms. The molecule has 0 aromatic heterocycles. The molecular formula is C28H28N2O3. The van der Waals surface area contributed by atoms with Crippen LogP contribution in [0.2, 0.25) is 0 Å². The van der Waals surface area contributed by atoms with E-state index >= 15 is 0 Å². The largest absolute Gasteiger partial charge is 0.495 e. The van der Waals surface area contributed by atoms with Crippen LogP contribution in [-0.2, 0) is 9.59 Å². The van der Waals surface area contributed by atoms with Gasteiger partial charge in [0, 0.05) is 5.69 Å². The molecule has 0 spiro atoms. The maximum absolute atomic E-state index is 14.0. The molecule has 3 aromatic carbocycles. The van der Waals surface area contributed by atoms with Crippen LogP contribution in [0.4, 0.5) is 11.4 Å². The lowest BCUT2D eigenvalue weighted by Gasteiger charge is -2.41. The fourth-order valence-corrected chi connectivity index (χ4v) is 4.39. The Bertz CT molecular complexity index is 1220. The van der Waals surface area contributed by atoms with Crippen molar-refractivity contribution in [2.75, 3.05) is 23.5 Å². The molecule has 3 aromatic rings. The first-order valence-corrected chi connectivity index (χ1v) is 11.0. The van der Waals surface area contributed by atoms with E-state index in [0.717, 1.165) is 28.0 Å². The Morgan fingerprint density at radius 2 is 1.64 bits per heavy atom. The van der Waals surface area contributed by atoms with Crippen molar-refractivity contribution in [3.8, 4) is 5.75 Å². The smallest absolute Gasteiger partial charge is 0.255 e. The van der Waals surface area contributed by atoms with Gasteiger partial charge in [0.05, 0.1) is 12.8 Å². The first kappa shape index (κ1) is 22.3. The number of nitrogens with zero attached hydrogens (tertiary/aromatic N) is 2. The summed E-state index contributed by atoms with van der Waals surface area (Å²) in [7, 11) is 1.56. The highest BCUT2D eigenvalue weighted by atomic mass is 16.5. The van der Waals surface area contributed by atoms with Crippen LogP contribution in [0, 0.1) is 13.8 Å². The summed E-state index contributed by atoms with van der Waals surface area (Å²) in [4.78, 5) is 30.7. The summed E-state index contributed by atoms with van der Waals surface area (Å²) in [6.07, 6.45) is 1.97. The molecule has 1 fully saturated rings. The van der Waals surface area contributed by atoms with Gasteiger partial charge >= 0.3 is 0 Å². The molecule has 1 aliphatic heterocycles. The Balaban J connectivity index is 1.84. The van der Waals surface area contributed by atoms with E-state index in [2.05, 4.69) is 0 Å². The number of para-hydroxylation sites is 2. The van der Waals surface area contributed by atoms with Crippen molar-refractivity contribution < 1.29 is 14.3 Å². The molecule has 4 rings (SSSR count). The van der Waals surface area contributed by atoms with Gasteiger partial charge in [-0.3, -0.25) is 19.4 Å². The average molecular weight is 441 g/mol. The lowest BCUT2D eigenvalue weighted by Crippen LogP contribution is -2.61. The SMILES string of the molecule is COc1ccccc1N1CC(=O)N(c2ccc(C)cc2C)[C@H](/C(C)=C\c2ccccc2)C1=O. The van der Waals surface area contributed by atoms with Gasteiger partial charge in [0.25, 0.3) is 5.91 Å². The molecule has 0 radical (unpaired) electrons. The number of piperazine rings is 1. The van der Waals surface area contributed by atoms with E-state index in [9.17, 15) is 9.59 Å². The number of rotatable bonds is 5. The van der Waals surface area contributed by atoms with E-state index in [-0.39, 0.29) is 18.4 Å². The van der Waals surface area contributed by atoms with Crippen molar-refractivity contribution >= 4 is 29.3 Å². The van der Waals surface area contributed by atoms with E-state index < -0.39 is 6.04 Å². The first-order valence-electron chi connectivity index (χ1n) is 11.0. The third kappa shape index (κ3) is 4.40. The minimum Gasteiger partial charge on any atom is -0.495 e. The van der Waals surface area contributed by atoms with Crippen LogP contribution in [-0.4, -0.2) is 31.5 Å². The van der Waals surface area contributed by atoms with Crippen molar-refractivity contribution in [3.63, 3.8) is 0 Å². The Labute approximate surface area is 194 Å². The normalized spacial score (nSPS) is 16.8. The number of aryl methyl sites for hydroxylation is 2. The summed E-state index contributed by atoms with van der Waals surface area (Å²) in [6.45, 7) is 5.84. The number of anilines is 2. The number of hydrogen-bond acceptors (Lipinski definition) is 3. The highest BCUT2D eigenvalue weighted by Crippen LogP contribution is 2.35. The van der Waals surface area contributed by atoms with Gasteiger partial charge in [0.15, 0.2) is 0 Å². The van der Waals surface area contributed by atoms with Gasteiger partial charge in [0.2, 0.25) is 5.91 Å². The predicted octanol–water partition coefficient (Wildman–Crippen LogP) is 5.16. The van der Waals surface area contributed by atoms with Gasteiger partial charge in [-0.1, -0.05) is 66.2 Å². The number of hydrogen-bond donors (Lipinski definition) is 0. The van der Waals surface area contributed by atoms with Crippen molar-refractivity contribution in [3.05, 3.63) is 95.1 Å². The van der Waals surface area contributed by atoms with Crippen LogP contribution in [0.15, 0.2) is 78.4 Å². The van der Waals surface area contributed by atoms with Crippen molar-refractivity contribution in [2.45, 2.75) is 26.8 Å². The van der Waals surface area contributed by atoms with Crippen LogP contribution >= 0.6 is 0 Å². The maximum Gasteiger partial charge on any atom is 0.255 e. The molecule has 0 bridgehead atoms. The Morgan fingerprint density at radius 3 is 2.33 bits per heavy atom. The molecule has 1 aliphatic rings. The number of ether oxygens (including phenoxy) is 1. The summed E-state index contributed by atoms with van der Waals surface area (Å²) in [5.74, 6) is 0.254. The Morgan fingerprint density at radius 1 is 0.939 bits per heavy atom. The maximum atomic E-state index is 14.0. The molecule has 1 atom stereocenters. The van der Waals surface area contributed by atoms with Gasteiger partial charge in [0.1, 0.15) is 18.3 Å². The van der Waals surface area contributed by atoms with Gasteiger partial charge in [-0.2, -0.15) is 0 Å². The lowest BCUT2D eigenvalue weighted by molar-refractivity contribution is -0.127. The van der Waals surface area contributed by atoms with Crippen molar-refractivity contribution in [1.82, 2.24) is 0 Å². The topological polar surface area (TPSA) is 49.9 Å². The zero-order valence-corrected chi connectivity index (χ0v) is 19.4. The molecule has 33 heavy (non-hydrogen) atoms. The fourth-order valence-electron chi connectivity index (χ4n) is 4.39. The third-order valence-electron chi connectivity index (χ3n) is 5.93. The molecule has 2 amide bonds. The monoisotopic (exact) mass is 440 g/mol. The average Bonchev–Trinajstić information content (AvgIpc) is 2.81. The van der Waals surface area contributed by atoms with Crippen LogP contribution in [0.5, 0.6) is 5.75 Å². The minimum absolute atomic E-state index is 0.0539. The Hall–Kier alpha value is -3.86. The molecule has 0 saturated carbocycles. The van der Waals surface area contributed by atoms with Crippen LogP contribution < -0.4 is 14.5 Å². The molecule has 0 unspecified atom stereocenters. The molecule has 1 heterocycles. The standard InChI is InChI=1S/C28H28N2O3/c1-19-14-15-23(20(2)16-19)30-26(31)18-29(24-12-8-9-13-25(24)33-4)28(32)27(30)21(3)17-22-10-6-5-7-11-22/h5-17,27H,18H2,1-4H3/b21-17-/t27-/m1/s1. The quantitative estimate of drug-likeness (QED) is 0.550. The lowest BCUT2D eigenvalue weighted by atomic mass is 9.97. The molecular weight excluding hydrogens is 412 g/mol. The number of carbonyl (C=O) groups is 2. The second-order valence-electron chi connectivity index (χ2n) is 8.35. The molecule has 0 aliphatic carbocycles. The first-order chi connectivity index (χ1) is 15.9. The van der Waals surface area contributed by atoms with Crippen LogP contribution in [0.1, 0.15) is 23.6 Å². The highest BCUT2D eigenvalue weighted by molar-refractivity contribution is 6.16. The third-order valence-corrected chi connectivity index (χ3v) is 5.93. The second kappa shape index (κ2) is 9.33. The minimum atomic E-state index is -0.766. The van der Waals surface area contributed by atoms with E-state index in [1.54, 1.807) is 18.1 Å². The van der Waals surface area contributed by atoms with Crippen LogP contribution in [0.25, 0.3) is 6.08 Å². The molecule has 5 nitrogen and oxygen atoms in total. The number of carbonyl (C=O) groups excluding carboxylic acids is 2. The van der Waals surface area contributed by atoms with E-state index in [1.165, 1.54) is 4.90 Å². The molecule has 168 valence electrons. The number of benzene rings is 3. The van der Waals surface area contributed by atoms with Crippen LogP contribution in [0.3, 0.4) is 0 Å². The van der Waals surface area contributed by atoms with E-state index in [0.29, 0.717) is 11.4 Å². The van der Waals surface area contributed by atoms with Gasteiger partial charge in [-0.25, -0.2) is 0 Å². The second-order valence-corrected chi connectivity index (χ2v) is 8.35. The predicted molar refractivity (Wildman–Crippen MR) is 133 cm³/mol. The van der Waals surface area contributed by atoms with Crippen molar-refractivity contribution in [1.29, 1.82) is 0 Å². The Kier molecular flexibility index (Phi) is 6.31. The van der Waals surface area contributed by atoms with Gasteiger partial charge in [-0.05, 0) is 55.7 Å². The number of amides is 2. The van der Waals surface area contributed by atoms with E-state index in [4.69, 9.17) is 4.74 Å². The highest BCUT2D eigenvalue weighted by Gasteiger charge is 2.42. The van der Waals surface area contributed by atoms with Gasteiger partial charge in [-0.15, -0.1) is 0 Å². The number of methoxy groups -OCH3 is 1. The van der Waals surface area contributed by atoms with Gasteiger partial charge < -0.3 is 4.74 Å². The molecule has 1 saturated heterocycles. The fraction of sp³-hybridized carbons (Fsp3) is 0.214. The summed E-state index contributed by atoms with van der Waals surface area (Å²) < 4.78 is 5.48. The zero-order valence-electron chi connectivity index (χ0n) is 19.4. The zero-order chi connectivity index (χ0) is 23.5. The summed E-state index contributed by atoms with van der Waals surface area (Å²) in [5, 5.41) is 0. The summed E-state index contributed by atoms with van der Waals surface area (Å²) >= 11 is 0. The van der Waals surface area contributed by atoms with Crippen molar-refractivity contribution in [2.24, 2.45) is 0 Å². The summed E-state index contributed by atoms with van der Waals surface area (Å²) in [6, 6.07) is 22.3. The molecule has 0 N–H and O–H groups in total. The van der Waals surface area contributed by atoms with E-state index in [1.807, 2.05) is 93.6 Å². The summed E-state index contributed by atoms with van der Waals surface area (Å²) in [5.41, 5.74) is 5.18.